The molecule has 3 atom stereocenters. The Kier molecular flexibility index (Phi) is 2.86. The van der Waals surface area contributed by atoms with Crippen LogP contribution in [-0.2, 0) is 0 Å². The van der Waals surface area contributed by atoms with Gasteiger partial charge < -0.3 is 0 Å². The third-order valence-electron chi connectivity index (χ3n) is 2.62. The molecule has 0 radical (unpaired) electrons. The van der Waals surface area contributed by atoms with Gasteiger partial charge in [0, 0.05) is 12.4 Å². The van der Waals surface area contributed by atoms with Crippen LogP contribution in [-0.4, -0.2) is 6.21 Å². The summed E-state index contributed by atoms with van der Waals surface area (Å²) in [5.74, 6) is 2.11. The van der Waals surface area contributed by atoms with Gasteiger partial charge in [-0.25, -0.2) is 0 Å². The molecule has 1 rings (SSSR count). The lowest BCUT2D eigenvalue weighted by atomic mass is 9.82. The van der Waals surface area contributed by atoms with Crippen molar-refractivity contribution in [1.82, 2.24) is 0 Å². The lowest BCUT2D eigenvalue weighted by Crippen LogP contribution is -2.19. The lowest BCUT2D eigenvalue weighted by molar-refractivity contribution is 0.364. The van der Waals surface area contributed by atoms with E-state index in [-0.39, 0.29) is 0 Å². The van der Waals surface area contributed by atoms with Crippen molar-refractivity contribution in [3.63, 3.8) is 0 Å². The Labute approximate surface area is 69.2 Å². The first kappa shape index (κ1) is 8.51. The van der Waals surface area contributed by atoms with Crippen molar-refractivity contribution in [3.8, 4) is 0 Å². The Morgan fingerprint density at radius 3 is 2.82 bits per heavy atom. The number of nitrogens with zero attached hydrogens (tertiary/aromatic N) is 1. The van der Waals surface area contributed by atoms with Crippen molar-refractivity contribution in [2.45, 2.75) is 27.2 Å². The second-order valence-corrected chi connectivity index (χ2v) is 3.46. The molecule has 11 heavy (non-hydrogen) atoms. The minimum Gasteiger partial charge on any atom is -0.269 e. The van der Waals surface area contributed by atoms with E-state index < -0.39 is 0 Å². The Bertz CT molecular complexity index is 170. The van der Waals surface area contributed by atoms with Crippen molar-refractivity contribution >= 4 is 6.21 Å². The summed E-state index contributed by atoms with van der Waals surface area (Å²) in [6.45, 7) is 6.80. The van der Waals surface area contributed by atoms with Gasteiger partial charge in [-0.15, -0.1) is 0 Å². The maximum Gasteiger partial charge on any atom is 0.0227 e. The third kappa shape index (κ3) is 1.92. The van der Waals surface area contributed by atoms with E-state index in [0.717, 1.165) is 5.92 Å². The summed E-state index contributed by atoms with van der Waals surface area (Å²) in [7, 11) is 0. The van der Waals surface area contributed by atoms with Crippen LogP contribution in [0.3, 0.4) is 0 Å². The highest BCUT2D eigenvalue weighted by Crippen LogP contribution is 2.25. The minimum atomic E-state index is 0.620. The molecule has 0 saturated heterocycles. The van der Waals surface area contributed by atoms with Crippen molar-refractivity contribution in [1.29, 1.82) is 0 Å². The van der Waals surface area contributed by atoms with E-state index in [2.05, 4.69) is 38.1 Å². The van der Waals surface area contributed by atoms with Gasteiger partial charge in [0.1, 0.15) is 0 Å². The molecule has 0 aromatic heterocycles. The number of rotatable bonds is 2. The molecule has 62 valence electrons. The molecule has 1 heteroatoms. The van der Waals surface area contributed by atoms with Gasteiger partial charge in [0.25, 0.3) is 0 Å². The average molecular weight is 151 g/mol. The standard InChI is InChI=1S/C10H17N/c1-4-8(2)10-5-6-11-7-9(10)3/h5-10H,4H2,1-3H3. The molecule has 1 nitrogen and oxygen atoms in total. The molecule has 1 heterocycles. The SMILES string of the molecule is CCC(C)C1C=CN=CC1C. The van der Waals surface area contributed by atoms with Gasteiger partial charge in [-0.3, -0.25) is 4.99 Å². The van der Waals surface area contributed by atoms with E-state index in [0.29, 0.717) is 11.8 Å². The summed E-state index contributed by atoms with van der Waals surface area (Å²) in [5, 5.41) is 0. The van der Waals surface area contributed by atoms with Gasteiger partial charge in [-0.1, -0.05) is 33.3 Å². The first-order valence-corrected chi connectivity index (χ1v) is 4.45. The fourth-order valence-corrected chi connectivity index (χ4v) is 1.59. The summed E-state index contributed by atoms with van der Waals surface area (Å²) in [6.07, 6.45) is 7.47. The second kappa shape index (κ2) is 3.70. The third-order valence-corrected chi connectivity index (χ3v) is 2.62. The Morgan fingerprint density at radius 1 is 1.55 bits per heavy atom. The van der Waals surface area contributed by atoms with Gasteiger partial charge in [-0.05, 0) is 17.8 Å². The van der Waals surface area contributed by atoms with E-state index in [1.165, 1.54) is 6.42 Å². The van der Waals surface area contributed by atoms with E-state index in [1.807, 2.05) is 6.20 Å². The van der Waals surface area contributed by atoms with E-state index in [1.54, 1.807) is 0 Å². The normalized spacial score (nSPS) is 32.3. The molecular formula is C10H17N. The zero-order valence-electron chi connectivity index (χ0n) is 7.62. The second-order valence-electron chi connectivity index (χ2n) is 3.46. The fourth-order valence-electron chi connectivity index (χ4n) is 1.59. The molecule has 0 aliphatic carbocycles. The Hall–Kier alpha value is -0.590. The monoisotopic (exact) mass is 151 g/mol. The molecule has 0 aromatic rings. The van der Waals surface area contributed by atoms with Crippen LogP contribution in [0.1, 0.15) is 27.2 Å². The van der Waals surface area contributed by atoms with Crippen molar-refractivity contribution in [2.75, 3.05) is 0 Å². The molecule has 1 aliphatic heterocycles. The molecular weight excluding hydrogens is 134 g/mol. The van der Waals surface area contributed by atoms with E-state index in [9.17, 15) is 0 Å². The Morgan fingerprint density at radius 2 is 2.27 bits per heavy atom. The number of hydrogen-bond donors (Lipinski definition) is 0. The van der Waals surface area contributed by atoms with Crippen LogP contribution in [0.15, 0.2) is 17.3 Å². The lowest BCUT2D eigenvalue weighted by Gasteiger charge is -2.24. The smallest absolute Gasteiger partial charge is 0.0227 e. The van der Waals surface area contributed by atoms with Crippen LogP contribution >= 0.6 is 0 Å². The highest BCUT2D eigenvalue weighted by atomic mass is 14.7. The maximum absolute atomic E-state index is 4.12. The highest BCUT2D eigenvalue weighted by Gasteiger charge is 2.19. The van der Waals surface area contributed by atoms with Gasteiger partial charge in [0.2, 0.25) is 0 Å². The predicted octanol–water partition coefficient (Wildman–Crippen LogP) is 2.88. The van der Waals surface area contributed by atoms with Gasteiger partial charge in [0.05, 0.1) is 0 Å². The molecule has 0 aromatic carbocycles. The summed E-state index contributed by atoms with van der Waals surface area (Å²) in [5.41, 5.74) is 0. The highest BCUT2D eigenvalue weighted by molar-refractivity contribution is 5.63. The molecule has 0 fully saturated rings. The largest absolute Gasteiger partial charge is 0.269 e. The quantitative estimate of drug-likeness (QED) is 0.575. The predicted molar refractivity (Wildman–Crippen MR) is 49.7 cm³/mol. The maximum atomic E-state index is 4.12. The first-order chi connectivity index (χ1) is 5.25. The van der Waals surface area contributed by atoms with Gasteiger partial charge in [0.15, 0.2) is 0 Å². The first-order valence-electron chi connectivity index (χ1n) is 4.45. The molecule has 3 unspecified atom stereocenters. The van der Waals surface area contributed by atoms with Crippen LogP contribution in [0.4, 0.5) is 0 Å². The summed E-state index contributed by atoms with van der Waals surface area (Å²) < 4.78 is 0. The minimum absolute atomic E-state index is 0.620. The zero-order valence-corrected chi connectivity index (χ0v) is 7.62. The van der Waals surface area contributed by atoms with Crippen molar-refractivity contribution in [3.05, 3.63) is 12.3 Å². The summed E-state index contributed by atoms with van der Waals surface area (Å²) in [4.78, 5) is 4.12. The number of aliphatic imine (C=N–C) groups is 1. The van der Waals surface area contributed by atoms with Gasteiger partial charge >= 0.3 is 0 Å². The van der Waals surface area contributed by atoms with E-state index in [4.69, 9.17) is 0 Å². The molecule has 1 aliphatic rings. The van der Waals surface area contributed by atoms with Gasteiger partial charge in [-0.2, -0.15) is 0 Å². The molecule has 0 saturated carbocycles. The Balaban J connectivity index is 2.58. The van der Waals surface area contributed by atoms with Crippen molar-refractivity contribution in [2.24, 2.45) is 22.7 Å². The summed E-state index contributed by atoms with van der Waals surface area (Å²) >= 11 is 0. The van der Waals surface area contributed by atoms with Crippen LogP contribution < -0.4 is 0 Å². The molecule has 0 bridgehead atoms. The van der Waals surface area contributed by atoms with Crippen LogP contribution in [0.5, 0.6) is 0 Å². The molecule has 0 N–H and O–H groups in total. The van der Waals surface area contributed by atoms with Crippen LogP contribution in [0.2, 0.25) is 0 Å². The summed E-state index contributed by atoms with van der Waals surface area (Å²) in [6, 6.07) is 0. The molecule has 0 amide bonds. The topological polar surface area (TPSA) is 12.4 Å². The zero-order chi connectivity index (χ0) is 8.27. The fraction of sp³-hybridized carbons (Fsp3) is 0.700. The molecule has 0 spiro atoms. The average Bonchev–Trinajstić information content (AvgIpc) is 2.04. The van der Waals surface area contributed by atoms with Crippen LogP contribution in [0.25, 0.3) is 0 Å². The number of hydrogen-bond acceptors (Lipinski definition) is 1. The van der Waals surface area contributed by atoms with E-state index >= 15 is 0 Å². The number of allylic oxidation sites excluding steroid dienone is 1. The van der Waals surface area contributed by atoms with Crippen LogP contribution in [0, 0.1) is 17.8 Å². The van der Waals surface area contributed by atoms with Crippen molar-refractivity contribution < 1.29 is 0 Å².